The van der Waals surface area contributed by atoms with Crippen molar-refractivity contribution < 1.29 is 18.0 Å². The molecular weight excluding hydrogens is 486 g/mol. The van der Waals surface area contributed by atoms with Gasteiger partial charge in [0.2, 0.25) is 21.8 Å². The van der Waals surface area contributed by atoms with E-state index in [0.717, 1.165) is 46.3 Å². The number of rotatable bonds is 10. The maximum atomic E-state index is 13.5. The maximum absolute atomic E-state index is 13.5. The molecule has 2 amide bonds. The van der Waals surface area contributed by atoms with E-state index in [4.69, 9.17) is 0 Å². The van der Waals surface area contributed by atoms with Crippen LogP contribution in [0.3, 0.4) is 0 Å². The van der Waals surface area contributed by atoms with Crippen LogP contribution in [-0.4, -0.2) is 61.7 Å². The smallest absolute Gasteiger partial charge is 0.243 e. The summed E-state index contributed by atoms with van der Waals surface area (Å²) < 4.78 is 27.7. The fourth-order valence-corrected chi connectivity index (χ4v) is 5.99. The molecule has 0 heterocycles. The highest BCUT2D eigenvalue weighted by Gasteiger charge is 2.31. The Labute approximate surface area is 219 Å². The van der Waals surface area contributed by atoms with Gasteiger partial charge in [-0.1, -0.05) is 73.5 Å². The number of carbonyl (C=O) groups is 2. The molecule has 1 aliphatic rings. The van der Waals surface area contributed by atoms with Gasteiger partial charge in [-0.15, -0.1) is 0 Å². The third-order valence-electron chi connectivity index (χ3n) is 7.14. The summed E-state index contributed by atoms with van der Waals surface area (Å²) in [6, 6.07) is 21.6. The van der Waals surface area contributed by atoms with Crippen molar-refractivity contribution in [3.05, 3.63) is 78.4 Å². The first-order chi connectivity index (χ1) is 17.8. The molecule has 3 aromatic rings. The Morgan fingerprint density at radius 1 is 0.946 bits per heavy atom. The number of amides is 2. The minimum absolute atomic E-state index is 0.129. The summed E-state index contributed by atoms with van der Waals surface area (Å²) in [7, 11) is -2.50. The molecule has 0 aromatic heterocycles. The number of carbonyl (C=O) groups excluding carboxylic acids is 2. The van der Waals surface area contributed by atoms with Crippen molar-refractivity contribution in [1.29, 1.82) is 0 Å². The minimum Gasteiger partial charge on any atom is -0.352 e. The van der Waals surface area contributed by atoms with Crippen molar-refractivity contribution in [1.82, 2.24) is 14.5 Å². The summed E-state index contributed by atoms with van der Waals surface area (Å²) in [5, 5.41) is 4.82. The van der Waals surface area contributed by atoms with Gasteiger partial charge in [0, 0.05) is 19.6 Å². The first-order valence-electron chi connectivity index (χ1n) is 12.8. The lowest BCUT2D eigenvalue weighted by molar-refractivity contribution is -0.140. The quantitative estimate of drug-likeness (QED) is 0.437. The molecule has 0 spiro atoms. The van der Waals surface area contributed by atoms with Crippen LogP contribution < -0.4 is 5.32 Å². The predicted octanol–water partition coefficient (Wildman–Crippen LogP) is 3.98. The van der Waals surface area contributed by atoms with Crippen LogP contribution in [0.4, 0.5) is 0 Å². The van der Waals surface area contributed by atoms with E-state index in [2.05, 4.69) is 5.32 Å². The second-order valence-electron chi connectivity index (χ2n) is 9.76. The van der Waals surface area contributed by atoms with Crippen LogP contribution >= 0.6 is 0 Å². The first kappa shape index (κ1) is 26.8. The Morgan fingerprint density at radius 2 is 1.59 bits per heavy atom. The Balaban J connectivity index is 1.50. The van der Waals surface area contributed by atoms with E-state index in [1.165, 1.54) is 11.9 Å². The molecule has 1 N–H and O–H groups in total. The van der Waals surface area contributed by atoms with Gasteiger partial charge in [-0.25, -0.2) is 8.42 Å². The maximum Gasteiger partial charge on any atom is 0.243 e. The molecule has 3 aromatic carbocycles. The summed E-state index contributed by atoms with van der Waals surface area (Å²) in [6.45, 7) is 1.67. The number of benzene rings is 3. The molecule has 0 aliphatic heterocycles. The first-order valence-corrected chi connectivity index (χ1v) is 14.3. The molecule has 1 saturated carbocycles. The van der Waals surface area contributed by atoms with Crippen molar-refractivity contribution in [2.24, 2.45) is 0 Å². The average molecular weight is 522 g/mol. The normalized spacial score (nSPS) is 15.1. The number of nitrogens with zero attached hydrogens (tertiary/aromatic N) is 2. The van der Waals surface area contributed by atoms with Gasteiger partial charge in [-0.2, -0.15) is 4.31 Å². The molecule has 0 radical (unpaired) electrons. The Bertz CT molecular complexity index is 1340. The van der Waals surface area contributed by atoms with E-state index < -0.39 is 22.0 Å². The molecule has 1 fully saturated rings. The van der Waals surface area contributed by atoms with Crippen molar-refractivity contribution in [2.45, 2.75) is 56.0 Å². The average Bonchev–Trinajstić information content (AvgIpc) is 3.42. The number of sulfonamides is 1. The van der Waals surface area contributed by atoms with Crippen LogP contribution in [0, 0.1) is 0 Å². The third-order valence-corrected chi connectivity index (χ3v) is 8.94. The molecule has 196 valence electrons. The number of fused-ring (bicyclic) bond motifs is 1. The minimum atomic E-state index is -3.91. The van der Waals surface area contributed by atoms with Crippen molar-refractivity contribution in [3.8, 4) is 0 Å². The monoisotopic (exact) mass is 521 g/mol. The molecule has 8 heteroatoms. The number of hydrogen-bond donors (Lipinski definition) is 1. The van der Waals surface area contributed by atoms with Crippen molar-refractivity contribution in [3.63, 3.8) is 0 Å². The zero-order valence-electron chi connectivity index (χ0n) is 21.5. The molecule has 37 heavy (non-hydrogen) atoms. The summed E-state index contributed by atoms with van der Waals surface area (Å²) >= 11 is 0. The van der Waals surface area contributed by atoms with Crippen LogP contribution in [0.2, 0.25) is 0 Å². The van der Waals surface area contributed by atoms with Gasteiger partial charge in [0.15, 0.2) is 0 Å². The lowest BCUT2D eigenvalue weighted by atomic mass is 10.1. The highest BCUT2D eigenvalue weighted by Crippen LogP contribution is 2.22. The van der Waals surface area contributed by atoms with Gasteiger partial charge >= 0.3 is 0 Å². The fraction of sp³-hybridized carbons (Fsp3) is 0.379. The van der Waals surface area contributed by atoms with Crippen molar-refractivity contribution >= 4 is 32.6 Å². The molecule has 0 saturated heterocycles. The second-order valence-corrected chi connectivity index (χ2v) is 11.8. The summed E-state index contributed by atoms with van der Waals surface area (Å²) in [5.74, 6) is -0.606. The van der Waals surface area contributed by atoms with Gasteiger partial charge in [0.25, 0.3) is 0 Å². The number of hydrogen-bond acceptors (Lipinski definition) is 4. The second kappa shape index (κ2) is 11.9. The van der Waals surface area contributed by atoms with E-state index in [-0.39, 0.29) is 23.4 Å². The molecule has 0 unspecified atom stereocenters. The fourth-order valence-electron chi connectivity index (χ4n) is 4.84. The summed E-state index contributed by atoms with van der Waals surface area (Å²) in [5.41, 5.74) is 1.04. The zero-order valence-corrected chi connectivity index (χ0v) is 22.3. The van der Waals surface area contributed by atoms with Crippen LogP contribution in [0.1, 0.15) is 38.2 Å². The highest BCUT2D eigenvalue weighted by atomic mass is 32.2. The molecule has 1 atom stereocenters. The summed E-state index contributed by atoms with van der Waals surface area (Å²) in [4.78, 5) is 28.2. The molecule has 4 rings (SSSR count). The van der Waals surface area contributed by atoms with Gasteiger partial charge in [-0.3, -0.25) is 9.59 Å². The van der Waals surface area contributed by atoms with E-state index in [1.54, 1.807) is 25.1 Å². The number of nitrogens with one attached hydrogen (secondary N) is 1. The lowest BCUT2D eigenvalue weighted by Gasteiger charge is -2.31. The van der Waals surface area contributed by atoms with Gasteiger partial charge < -0.3 is 10.2 Å². The Hall–Kier alpha value is -3.23. The van der Waals surface area contributed by atoms with Gasteiger partial charge in [0.1, 0.15) is 6.04 Å². The van der Waals surface area contributed by atoms with E-state index in [9.17, 15) is 18.0 Å². The van der Waals surface area contributed by atoms with Crippen LogP contribution in [0.25, 0.3) is 10.8 Å². The van der Waals surface area contributed by atoms with Crippen molar-refractivity contribution in [2.75, 3.05) is 20.1 Å². The van der Waals surface area contributed by atoms with Crippen LogP contribution in [0.15, 0.2) is 77.7 Å². The predicted molar refractivity (Wildman–Crippen MR) is 145 cm³/mol. The van der Waals surface area contributed by atoms with Gasteiger partial charge in [-0.05, 0) is 54.7 Å². The van der Waals surface area contributed by atoms with E-state index in [1.807, 2.05) is 54.6 Å². The van der Waals surface area contributed by atoms with Crippen LogP contribution in [-0.2, 0) is 26.0 Å². The third kappa shape index (κ3) is 6.56. The molecule has 0 bridgehead atoms. The van der Waals surface area contributed by atoms with E-state index >= 15 is 0 Å². The van der Waals surface area contributed by atoms with Gasteiger partial charge in [0.05, 0.1) is 11.4 Å². The van der Waals surface area contributed by atoms with E-state index in [0.29, 0.717) is 13.0 Å². The number of likely N-dealkylation sites (N-methyl/N-ethyl adjacent to an activating group) is 1. The lowest BCUT2D eigenvalue weighted by Crippen LogP contribution is -2.53. The largest absolute Gasteiger partial charge is 0.352 e. The van der Waals surface area contributed by atoms with Crippen LogP contribution in [0.5, 0.6) is 0 Å². The molecular formula is C29H35N3O4S. The SMILES string of the molecule is C[C@@H](C(=O)NC1CCCC1)N(CCc1ccccc1)C(=O)CN(C)S(=O)(=O)c1ccc2ccccc2c1. The highest BCUT2D eigenvalue weighted by molar-refractivity contribution is 7.89. The molecule has 1 aliphatic carbocycles. The Kier molecular flexibility index (Phi) is 8.61. The zero-order chi connectivity index (χ0) is 26.4. The summed E-state index contributed by atoms with van der Waals surface area (Å²) in [6.07, 6.45) is 4.64. The Morgan fingerprint density at radius 3 is 2.30 bits per heavy atom. The standard InChI is InChI=1S/C29H35N3O4S/c1-22(29(34)30-26-14-8-9-15-26)32(19-18-23-10-4-3-5-11-23)28(33)21-31(2)37(35,36)27-17-16-24-12-6-7-13-25(24)20-27/h3-7,10-13,16-17,20,22,26H,8-9,14-15,18-19,21H2,1-2H3,(H,30,34)/t22-/m0/s1. The molecule has 7 nitrogen and oxygen atoms in total. The topological polar surface area (TPSA) is 86.8 Å².